The number of hydrogen-bond acceptors (Lipinski definition) is 3. The lowest BCUT2D eigenvalue weighted by Crippen LogP contribution is -2.29. The fourth-order valence-electron chi connectivity index (χ4n) is 2.11. The molecule has 0 bridgehead atoms. The second kappa shape index (κ2) is 4.19. The van der Waals surface area contributed by atoms with Crippen LogP contribution >= 0.6 is 0 Å². The molecule has 0 heterocycles. The Bertz CT molecular complexity index is 276. The lowest BCUT2D eigenvalue weighted by atomic mass is 10.4. The topological polar surface area (TPSA) is 46.2 Å². The van der Waals surface area contributed by atoms with E-state index in [1.54, 1.807) is 0 Å². The van der Waals surface area contributed by atoms with Gasteiger partial charge in [0.15, 0.2) is 9.84 Å². The maximum atomic E-state index is 11.8. The zero-order valence-corrected chi connectivity index (χ0v) is 9.35. The second-order valence-corrected chi connectivity index (χ2v) is 6.90. The minimum absolute atomic E-state index is 0.0245. The van der Waals surface area contributed by atoms with Crippen LogP contribution in [0.25, 0.3) is 0 Å². The van der Waals surface area contributed by atoms with Crippen molar-refractivity contribution < 1.29 is 8.42 Å². The van der Waals surface area contributed by atoms with Gasteiger partial charge >= 0.3 is 0 Å². The molecule has 2 aliphatic rings. The molecule has 0 saturated heterocycles. The highest BCUT2D eigenvalue weighted by Crippen LogP contribution is 2.25. The van der Waals surface area contributed by atoms with Gasteiger partial charge in [0, 0.05) is 12.6 Å². The molecular weight excluding hydrogens is 198 g/mol. The van der Waals surface area contributed by atoms with Crippen LogP contribution in [0.2, 0.25) is 0 Å². The van der Waals surface area contributed by atoms with E-state index in [0.29, 0.717) is 18.3 Å². The minimum atomic E-state index is -2.79. The molecule has 0 aromatic rings. The van der Waals surface area contributed by atoms with E-state index in [2.05, 4.69) is 5.32 Å². The summed E-state index contributed by atoms with van der Waals surface area (Å²) in [7, 11) is -2.79. The van der Waals surface area contributed by atoms with E-state index < -0.39 is 9.84 Å². The smallest absolute Gasteiger partial charge is 0.154 e. The van der Waals surface area contributed by atoms with E-state index in [4.69, 9.17) is 0 Å². The van der Waals surface area contributed by atoms with Gasteiger partial charge < -0.3 is 5.32 Å². The van der Waals surface area contributed by atoms with Gasteiger partial charge in [0.2, 0.25) is 0 Å². The molecule has 0 aromatic carbocycles. The normalized spacial score (nSPS) is 24.3. The molecule has 2 fully saturated rings. The van der Waals surface area contributed by atoms with Crippen molar-refractivity contribution in [2.75, 3.05) is 12.3 Å². The monoisotopic (exact) mass is 217 g/mol. The molecule has 4 heteroatoms. The van der Waals surface area contributed by atoms with Crippen molar-refractivity contribution in [3.05, 3.63) is 0 Å². The Morgan fingerprint density at radius 1 is 1.07 bits per heavy atom. The maximum Gasteiger partial charge on any atom is 0.154 e. The fraction of sp³-hybridized carbons (Fsp3) is 1.00. The average Bonchev–Trinajstić information content (AvgIpc) is 2.80. The molecule has 0 aliphatic heterocycles. The standard InChI is InChI=1S/C10H19NO2S/c12-14(13,10-3-1-2-4-10)8-7-11-9-5-6-9/h9-11H,1-8H2. The lowest BCUT2D eigenvalue weighted by Gasteiger charge is -2.10. The third-order valence-electron chi connectivity index (χ3n) is 3.21. The molecule has 14 heavy (non-hydrogen) atoms. The molecule has 2 saturated carbocycles. The van der Waals surface area contributed by atoms with Crippen molar-refractivity contribution in [2.24, 2.45) is 0 Å². The third-order valence-corrected chi connectivity index (χ3v) is 5.47. The van der Waals surface area contributed by atoms with Crippen LogP contribution in [0.4, 0.5) is 0 Å². The first-order chi connectivity index (χ1) is 6.68. The number of nitrogens with one attached hydrogen (secondary N) is 1. The van der Waals surface area contributed by atoms with E-state index >= 15 is 0 Å². The predicted octanol–water partition coefficient (Wildman–Crippen LogP) is 1.10. The molecule has 3 nitrogen and oxygen atoms in total. The van der Waals surface area contributed by atoms with Gasteiger partial charge in [-0.1, -0.05) is 12.8 Å². The molecule has 1 N–H and O–H groups in total. The van der Waals surface area contributed by atoms with Gasteiger partial charge in [0.25, 0.3) is 0 Å². The van der Waals surface area contributed by atoms with Crippen LogP contribution in [-0.2, 0) is 9.84 Å². The van der Waals surface area contributed by atoms with Gasteiger partial charge in [-0.15, -0.1) is 0 Å². The van der Waals surface area contributed by atoms with Crippen molar-refractivity contribution in [2.45, 2.75) is 49.8 Å². The van der Waals surface area contributed by atoms with E-state index in [1.165, 1.54) is 12.8 Å². The predicted molar refractivity (Wildman–Crippen MR) is 57.1 cm³/mol. The number of sulfone groups is 1. The summed E-state index contributed by atoms with van der Waals surface area (Å²) in [5, 5.41) is 3.23. The van der Waals surface area contributed by atoms with Gasteiger partial charge in [0.05, 0.1) is 11.0 Å². The zero-order valence-electron chi connectivity index (χ0n) is 8.54. The van der Waals surface area contributed by atoms with Crippen LogP contribution in [0.3, 0.4) is 0 Å². The Hall–Kier alpha value is -0.0900. The maximum absolute atomic E-state index is 11.8. The van der Waals surface area contributed by atoms with E-state index in [0.717, 1.165) is 25.7 Å². The molecule has 0 spiro atoms. The van der Waals surface area contributed by atoms with Gasteiger partial charge in [-0.05, 0) is 25.7 Å². The Morgan fingerprint density at radius 3 is 2.29 bits per heavy atom. The molecule has 2 rings (SSSR count). The largest absolute Gasteiger partial charge is 0.313 e. The first kappa shape index (κ1) is 10.4. The summed E-state index contributed by atoms with van der Waals surface area (Å²) in [4.78, 5) is 0. The van der Waals surface area contributed by atoms with Gasteiger partial charge in [-0.25, -0.2) is 8.42 Å². The highest BCUT2D eigenvalue weighted by Gasteiger charge is 2.29. The van der Waals surface area contributed by atoms with Gasteiger partial charge in [-0.2, -0.15) is 0 Å². The summed E-state index contributed by atoms with van der Waals surface area (Å²) in [5.41, 5.74) is 0. The van der Waals surface area contributed by atoms with Crippen molar-refractivity contribution in [3.63, 3.8) is 0 Å². The van der Waals surface area contributed by atoms with Gasteiger partial charge in [0.1, 0.15) is 0 Å². The summed E-state index contributed by atoms with van der Waals surface area (Å²) in [6, 6.07) is 0.619. The van der Waals surface area contributed by atoms with Crippen molar-refractivity contribution in [3.8, 4) is 0 Å². The molecule has 0 unspecified atom stereocenters. The first-order valence-electron chi connectivity index (χ1n) is 5.63. The van der Waals surface area contributed by atoms with E-state index in [1.807, 2.05) is 0 Å². The summed E-state index contributed by atoms with van der Waals surface area (Å²) in [5.74, 6) is 0.341. The molecule has 0 atom stereocenters. The van der Waals surface area contributed by atoms with Gasteiger partial charge in [-0.3, -0.25) is 0 Å². The lowest BCUT2D eigenvalue weighted by molar-refractivity contribution is 0.574. The molecule has 82 valence electrons. The van der Waals surface area contributed by atoms with Crippen LogP contribution in [0, 0.1) is 0 Å². The van der Waals surface area contributed by atoms with Crippen LogP contribution in [0.1, 0.15) is 38.5 Å². The molecular formula is C10H19NO2S. The first-order valence-corrected chi connectivity index (χ1v) is 7.35. The Kier molecular flexibility index (Phi) is 3.12. The van der Waals surface area contributed by atoms with Crippen molar-refractivity contribution >= 4 is 9.84 Å². The van der Waals surface area contributed by atoms with E-state index in [9.17, 15) is 8.42 Å². The highest BCUT2D eigenvalue weighted by molar-refractivity contribution is 7.92. The second-order valence-electron chi connectivity index (χ2n) is 4.50. The zero-order chi connectivity index (χ0) is 10.0. The summed E-state index contributed by atoms with van der Waals surface area (Å²) < 4.78 is 23.6. The van der Waals surface area contributed by atoms with E-state index in [-0.39, 0.29) is 5.25 Å². The quantitative estimate of drug-likeness (QED) is 0.750. The highest BCUT2D eigenvalue weighted by atomic mass is 32.2. The fourth-order valence-corrected chi connectivity index (χ4v) is 3.89. The summed E-state index contributed by atoms with van der Waals surface area (Å²) >= 11 is 0. The minimum Gasteiger partial charge on any atom is -0.313 e. The number of rotatable bonds is 5. The average molecular weight is 217 g/mol. The van der Waals surface area contributed by atoms with Crippen LogP contribution in [0.5, 0.6) is 0 Å². The van der Waals surface area contributed by atoms with Crippen LogP contribution in [-0.4, -0.2) is 32.0 Å². The van der Waals surface area contributed by atoms with Crippen molar-refractivity contribution in [1.82, 2.24) is 5.32 Å². The molecule has 0 amide bonds. The molecule has 0 radical (unpaired) electrons. The molecule has 2 aliphatic carbocycles. The Morgan fingerprint density at radius 2 is 1.71 bits per heavy atom. The Labute approximate surface area is 86.2 Å². The van der Waals surface area contributed by atoms with Crippen LogP contribution in [0.15, 0.2) is 0 Å². The SMILES string of the molecule is O=S(=O)(CCNC1CC1)C1CCCC1. The van der Waals surface area contributed by atoms with Crippen LogP contribution < -0.4 is 5.32 Å². The summed E-state index contributed by atoms with van der Waals surface area (Å²) in [6.07, 6.45) is 6.43. The van der Waals surface area contributed by atoms with Crippen molar-refractivity contribution in [1.29, 1.82) is 0 Å². The number of hydrogen-bond donors (Lipinski definition) is 1. The third kappa shape index (κ3) is 2.70. The summed E-state index contributed by atoms with van der Waals surface area (Å²) in [6.45, 7) is 0.656. The Balaban J connectivity index is 1.75. The molecule has 0 aromatic heterocycles.